The van der Waals surface area contributed by atoms with E-state index in [-0.39, 0.29) is 42.8 Å². The molecule has 1 unspecified atom stereocenters. The van der Waals surface area contributed by atoms with Gasteiger partial charge in [0.25, 0.3) is 5.89 Å². The number of aryl methyl sites for hydroxylation is 1. The first-order valence-corrected chi connectivity index (χ1v) is 11.6. The molecule has 3 aromatic rings. The zero-order valence-electron chi connectivity index (χ0n) is 18.0. The number of nitro benzene ring substituents is 1. The van der Waals surface area contributed by atoms with E-state index in [2.05, 4.69) is 10.2 Å². The number of benzene rings is 2. The summed E-state index contributed by atoms with van der Waals surface area (Å²) in [7, 11) is -3.89. The van der Waals surface area contributed by atoms with Crippen LogP contribution in [0.3, 0.4) is 0 Å². The van der Waals surface area contributed by atoms with Crippen molar-refractivity contribution in [1.82, 2.24) is 14.5 Å². The maximum atomic E-state index is 12.9. The largest absolute Gasteiger partial charge is 0.474 e. The molecular formula is C21H22N4O7S. The Morgan fingerprint density at radius 3 is 2.61 bits per heavy atom. The molecule has 12 heteroatoms. The molecule has 174 valence electrons. The van der Waals surface area contributed by atoms with E-state index in [1.165, 1.54) is 16.4 Å². The third-order valence-electron chi connectivity index (χ3n) is 5.09. The van der Waals surface area contributed by atoms with Gasteiger partial charge in [0.05, 0.1) is 23.0 Å². The van der Waals surface area contributed by atoms with E-state index in [4.69, 9.17) is 13.9 Å². The molecular weight excluding hydrogens is 452 g/mol. The first kappa shape index (κ1) is 22.8. The molecule has 1 fully saturated rings. The quantitative estimate of drug-likeness (QED) is 0.373. The van der Waals surface area contributed by atoms with Crippen molar-refractivity contribution in [2.24, 2.45) is 0 Å². The lowest BCUT2D eigenvalue weighted by molar-refractivity contribution is -0.386. The fourth-order valence-corrected chi connectivity index (χ4v) is 4.80. The Hall–Kier alpha value is -3.35. The zero-order chi connectivity index (χ0) is 23.6. The predicted molar refractivity (Wildman–Crippen MR) is 116 cm³/mol. The van der Waals surface area contributed by atoms with Crippen molar-refractivity contribution in [3.63, 3.8) is 0 Å². The number of nitrogens with zero attached hydrogens (tertiary/aromatic N) is 4. The van der Waals surface area contributed by atoms with E-state index >= 15 is 0 Å². The Morgan fingerprint density at radius 2 is 1.91 bits per heavy atom. The summed E-state index contributed by atoms with van der Waals surface area (Å²) in [5, 5.41) is 19.7. The highest BCUT2D eigenvalue weighted by Gasteiger charge is 2.30. The molecule has 0 bridgehead atoms. The van der Waals surface area contributed by atoms with Crippen LogP contribution in [0.25, 0.3) is 11.5 Å². The number of aromatic nitrogens is 2. The molecule has 33 heavy (non-hydrogen) atoms. The van der Waals surface area contributed by atoms with Gasteiger partial charge >= 0.3 is 5.69 Å². The third-order valence-corrected chi connectivity index (χ3v) is 6.99. The molecule has 0 N–H and O–H groups in total. The highest BCUT2D eigenvalue weighted by molar-refractivity contribution is 7.89. The van der Waals surface area contributed by atoms with E-state index < -0.39 is 26.7 Å². The van der Waals surface area contributed by atoms with Crippen LogP contribution in [0.4, 0.5) is 5.69 Å². The molecule has 0 saturated carbocycles. The normalized spacial score (nSPS) is 15.8. The maximum absolute atomic E-state index is 12.9. The summed E-state index contributed by atoms with van der Waals surface area (Å²) < 4.78 is 43.5. The van der Waals surface area contributed by atoms with Gasteiger partial charge in [-0.25, -0.2) is 8.42 Å². The van der Waals surface area contributed by atoms with Gasteiger partial charge < -0.3 is 13.9 Å². The number of hydrogen-bond acceptors (Lipinski definition) is 9. The summed E-state index contributed by atoms with van der Waals surface area (Å²) in [6, 6.07) is 11.1. The third kappa shape index (κ3) is 4.87. The van der Waals surface area contributed by atoms with E-state index in [9.17, 15) is 18.5 Å². The minimum atomic E-state index is -3.89. The van der Waals surface area contributed by atoms with E-state index in [0.717, 1.165) is 17.2 Å². The lowest BCUT2D eigenvalue weighted by Gasteiger charge is -2.26. The van der Waals surface area contributed by atoms with Crippen LogP contribution >= 0.6 is 0 Å². The Bertz CT molecular complexity index is 1270. The van der Waals surface area contributed by atoms with Gasteiger partial charge in [-0.05, 0) is 38.1 Å². The maximum Gasteiger partial charge on any atom is 0.312 e. The van der Waals surface area contributed by atoms with Crippen molar-refractivity contribution in [1.29, 1.82) is 0 Å². The number of hydrogen-bond donors (Lipinski definition) is 0. The van der Waals surface area contributed by atoms with E-state index in [1.54, 1.807) is 6.92 Å². The lowest BCUT2D eigenvalue weighted by atomic mass is 10.1. The Balaban J connectivity index is 1.57. The van der Waals surface area contributed by atoms with Crippen molar-refractivity contribution in [2.75, 3.05) is 26.3 Å². The van der Waals surface area contributed by atoms with Gasteiger partial charge in [-0.1, -0.05) is 17.7 Å². The van der Waals surface area contributed by atoms with Gasteiger partial charge in [-0.3, -0.25) is 10.1 Å². The average Bonchev–Trinajstić information content (AvgIpc) is 3.30. The van der Waals surface area contributed by atoms with Crippen molar-refractivity contribution in [3.05, 3.63) is 64.0 Å². The number of morpholine rings is 1. The Morgan fingerprint density at radius 1 is 1.15 bits per heavy atom. The van der Waals surface area contributed by atoms with Gasteiger partial charge in [-0.2, -0.15) is 4.31 Å². The summed E-state index contributed by atoms with van der Waals surface area (Å²) in [5.41, 5.74) is 1.29. The van der Waals surface area contributed by atoms with Gasteiger partial charge in [-0.15, -0.1) is 10.2 Å². The van der Waals surface area contributed by atoms with Crippen LogP contribution in [0.2, 0.25) is 0 Å². The average molecular weight is 474 g/mol. The molecule has 0 aliphatic carbocycles. The minimum Gasteiger partial charge on any atom is -0.474 e. The van der Waals surface area contributed by atoms with Gasteiger partial charge in [0.1, 0.15) is 0 Å². The topological polar surface area (TPSA) is 138 Å². The fraction of sp³-hybridized carbons (Fsp3) is 0.333. The molecule has 2 aromatic carbocycles. The van der Waals surface area contributed by atoms with E-state index in [1.807, 2.05) is 31.2 Å². The van der Waals surface area contributed by atoms with Gasteiger partial charge in [0.2, 0.25) is 15.9 Å². The summed E-state index contributed by atoms with van der Waals surface area (Å²) in [6.07, 6.45) is -0.809. The van der Waals surface area contributed by atoms with Crippen LogP contribution < -0.4 is 4.74 Å². The van der Waals surface area contributed by atoms with Crippen LogP contribution in [0, 0.1) is 17.0 Å². The molecule has 11 nitrogen and oxygen atoms in total. The monoisotopic (exact) mass is 474 g/mol. The molecule has 1 aromatic heterocycles. The highest BCUT2D eigenvalue weighted by Crippen LogP contribution is 2.34. The van der Waals surface area contributed by atoms with Crippen molar-refractivity contribution in [2.45, 2.75) is 24.8 Å². The molecule has 2 heterocycles. The summed E-state index contributed by atoms with van der Waals surface area (Å²) in [5.74, 6) is 0.320. The standard InChI is InChI=1S/C21H22N4O7S/c1-14-4-3-5-16(12-14)21-23-22-20(32-21)15(2)31-19-7-6-17(13-18(19)25(26)27)33(28,29)24-8-10-30-11-9-24/h3-7,12-13,15H,8-11H2,1-2H3. The molecule has 0 amide bonds. The van der Waals surface area contributed by atoms with Gasteiger partial charge in [0.15, 0.2) is 11.9 Å². The van der Waals surface area contributed by atoms with Crippen LogP contribution in [-0.2, 0) is 14.8 Å². The van der Waals surface area contributed by atoms with Crippen LogP contribution in [0.5, 0.6) is 5.75 Å². The molecule has 1 atom stereocenters. The Kier molecular flexibility index (Phi) is 6.40. The smallest absolute Gasteiger partial charge is 0.312 e. The van der Waals surface area contributed by atoms with Gasteiger partial charge in [0, 0.05) is 24.7 Å². The lowest BCUT2D eigenvalue weighted by Crippen LogP contribution is -2.40. The second-order valence-electron chi connectivity index (χ2n) is 7.48. The fourth-order valence-electron chi connectivity index (χ4n) is 3.37. The molecule has 0 radical (unpaired) electrons. The SMILES string of the molecule is Cc1cccc(-c2nnc(C(C)Oc3ccc(S(=O)(=O)N4CCOCC4)cc3[N+](=O)[O-])o2)c1. The number of nitro groups is 1. The van der Waals surface area contributed by atoms with Crippen molar-refractivity contribution in [3.8, 4) is 17.2 Å². The Labute approximate surface area is 190 Å². The second-order valence-corrected chi connectivity index (χ2v) is 9.42. The minimum absolute atomic E-state index is 0.108. The van der Waals surface area contributed by atoms with E-state index in [0.29, 0.717) is 5.89 Å². The number of rotatable bonds is 7. The molecule has 1 saturated heterocycles. The summed E-state index contributed by atoms with van der Waals surface area (Å²) in [6.45, 7) is 4.46. The van der Waals surface area contributed by atoms with Crippen LogP contribution in [0.1, 0.15) is 24.5 Å². The molecule has 1 aliphatic rings. The highest BCUT2D eigenvalue weighted by atomic mass is 32.2. The van der Waals surface area contributed by atoms with Crippen molar-refractivity contribution < 1.29 is 27.2 Å². The van der Waals surface area contributed by atoms with Crippen LogP contribution in [-0.4, -0.2) is 54.1 Å². The molecule has 0 spiro atoms. The number of ether oxygens (including phenoxy) is 2. The first-order valence-electron chi connectivity index (χ1n) is 10.2. The number of sulfonamides is 1. The molecule has 1 aliphatic heterocycles. The molecule has 4 rings (SSSR count). The second kappa shape index (κ2) is 9.25. The van der Waals surface area contributed by atoms with Crippen molar-refractivity contribution >= 4 is 15.7 Å². The predicted octanol–water partition coefficient (Wildman–Crippen LogP) is 3.11. The zero-order valence-corrected chi connectivity index (χ0v) is 18.8. The first-order chi connectivity index (χ1) is 15.8. The summed E-state index contributed by atoms with van der Waals surface area (Å²) in [4.78, 5) is 10.8. The van der Waals surface area contributed by atoms with Crippen LogP contribution in [0.15, 0.2) is 51.8 Å². The summed E-state index contributed by atoms with van der Waals surface area (Å²) >= 11 is 0.